The normalized spacial score (nSPS) is 19.0. The van der Waals surface area contributed by atoms with Crippen LogP contribution in [0.4, 0.5) is 9.18 Å². The molecule has 0 spiro atoms. The van der Waals surface area contributed by atoms with Gasteiger partial charge < -0.3 is 15.4 Å². The Balaban J connectivity index is 2.42. The van der Waals surface area contributed by atoms with Gasteiger partial charge >= 0.3 is 6.03 Å². The summed E-state index contributed by atoms with van der Waals surface area (Å²) in [5.74, 6) is -0.154. The maximum atomic E-state index is 13.7. The Bertz CT molecular complexity index is 543. The molecule has 1 atom stereocenters. The number of ether oxygens (including phenoxy) is 1. The van der Waals surface area contributed by atoms with Gasteiger partial charge in [0.25, 0.3) is 0 Å². The number of carbonyl (C=O) groups is 1. The second-order valence-electron chi connectivity index (χ2n) is 4.62. The van der Waals surface area contributed by atoms with Crippen molar-refractivity contribution >= 4 is 11.9 Å². The molecule has 0 aliphatic carbocycles. The lowest BCUT2D eigenvalue weighted by atomic mass is 10.0. The van der Waals surface area contributed by atoms with Gasteiger partial charge in [-0.15, -0.1) is 0 Å². The highest BCUT2D eigenvalue weighted by molar-refractivity contribution is 6.03. The van der Waals surface area contributed by atoms with E-state index in [1.54, 1.807) is 6.07 Å². The number of methoxy groups -OCH3 is 1. The summed E-state index contributed by atoms with van der Waals surface area (Å²) >= 11 is 0. The number of benzene rings is 1. The average Bonchev–Trinajstić information content (AvgIpc) is 2.64. The number of urea groups is 1. The molecule has 1 unspecified atom stereocenters. The number of aliphatic imine (C=N–C) groups is 1. The summed E-state index contributed by atoms with van der Waals surface area (Å²) in [5, 5.41) is 0. The molecule has 2 rings (SSSR count). The van der Waals surface area contributed by atoms with E-state index in [-0.39, 0.29) is 17.6 Å². The largest absolute Gasteiger partial charge is 0.494 e. The number of amides is 2. The third kappa shape index (κ3) is 2.25. The van der Waals surface area contributed by atoms with Crippen molar-refractivity contribution in [3.8, 4) is 5.75 Å². The quantitative estimate of drug-likeness (QED) is 0.909. The van der Waals surface area contributed by atoms with Gasteiger partial charge in [-0.3, -0.25) is 0 Å². The van der Waals surface area contributed by atoms with E-state index in [0.29, 0.717) is 5.56 Å². The molecule has 2 N–H and O–H groups in total. The zero-order valence-corrected chi connectivity index (χ0v) is 11.1. The van der Waals surface area contributed by atoms with E-state index in [0.717, 1.165) is 0 Å². The lowest BCUT2D eigenvalue weighted by Gasteiger charge is -2.28. The van der Waals surface area contributed by atoms with E-state index in [1.807, 2.05) is 13.8 Å². The summed E-state index contributed by atoms with van der Waals surface area (Å²) in [5.41, 5.74) is 6.37. The van der Waals surface area contributed by atoms with Gasteiger partial charge in [0.05, 0.1) is 7.11 Å². The monoisotopic (exact) mass is 265 g/mol. The first-order chi connectivity index (χ1) is 8.95. The molecule has 102 valence electrons. The molecule has 2 amide bonds. The minimum atomic E-state index is -0.520. The fourth-order valence-electron chi connectivity index (χ4n) is 2.19. The van der Waals surface area contributed by atoms with Gasteiger partial charge in [-0.05, 0) is 31.5 Å². The Kier molecular flexibility index (Phi) is 3.42. The zero-order chi connectivity index (χ0) is 14.2. The van der Waals surface area contributed by atoms with Gasteiger partial charge in [-0.1, -0.05) is 6.07 Å². The second kappa shape index (κ2) is 4.87. The summed E-state index contributed by atoms with van der Waals surface area (Å²) in [6.45, 7) is 3.72. The summed E-state index contributed by atoms with van der Waals surface area (Å²) in [7, 11) is 1.40. The Morgan fingerprint density at radius 2 is 2.16 bits per heavy atom. The molecule has 1 heterocycles. The van der Waals surface area contributed by atoms with Crippen molar-refractivity contribution in [2.45, 2.75) is 25.9 Å². The van der Waals surface area contributed by atoms with Gasteiger partial charge in [-0.25, -0.2) is 9.18 Å². The van der Waals surface area contributed by atoms with Gasteiger partial charge in [0.2, 0.25) is 0 Å². The van der Waals surface area contributed by atoms with Crippen LogP contribution in [-0.2, 0) is 0 Å². The molecule has 0 radical (unpaired) electrons. The lowest BCUT2D eigenvalue weighted by molar-refractivity contribution is 0.190. The third-order valence-corrected chi connectivity index (χ3v) is 3.05. The van der Waals surface area contributed by atoms with E-state index in [9.17, 15) is 9.18 Å². The number of carbonyl (C=O) groups excluding carboxylic acids is 1. The molecule has 0 aromatic heterocycles. The van der Waals surface area contributed by atoms with Crippen LogP contribution in [0, 0.1) is 5.82 Å². The maximum absolute atomic E-state index is 13.7. The molecule has 0 fully saturated rings. The van der Waals surface area contributed by atoms with E-state index in [1.165, 1.54) is 24.1 Å². The van der Waals surface area contributed by atoms with Gasteiger partial charge in [-0.2, -0.15) is 4.99 Å². The smallest absolute Gasteiger partial charge is 0.346 e. The van der Waals surface area contributed by atoms with Crippen molar-refractivity contribution in [3.63, 3.8) is 0 Å². The van der Waals surface area contributed by atoms with E-state index in [4.69, 9.17) is 10.5 Å². The number of amidine groups is 1. The highest BCUT2D eigenvalue weighted by Crippen LogP contribution is 2.31. The average molecular weight is 265 g/mol. The fraction of sp³-hybridized carbons (Fsp3) is 0.385. The highest BCUT2D eigenvalue weighted by Gasteiger charge is 2.36. The zero-order valence-electron chi connectivity index (χ0n) is 11.1. The molecule has 1 aromatic carbocycles. The van der Waals surface area contributed by atoms with Crippen molar-refractivity contribution in [1.29, 1.82) is 0 Å². The molecule has 0 saturated carbocycles. The standard InChI is InChI=1S/C13H16FN3O2/c1-7(2)17-11(12(15)16-13(17)18)8-4-5-10(19-3)9(14)6-8/h4-7,11H,1-3H3,(H2,15,16,18). The predicted octanol–water partition coefficient (Wildman–Crippen LogP) is 2.08. The first-order valence-corrected chi connectivity index (χ1v) is 5.95. The van der Waals surface area contributed by atoms with Gasteiger partial charge in [0, 0.05) is 6.04 Å². The Labute approximate surface area is 110 Å². The van der Waals surface area contributed by atoms with Crippen LogP contribution in [0.1, 0.15) is 25.5 Å². The van der Waals surface area contributed by atoms with Crippen LogP contribution in [0.3, 0.4) is 0 Å². The molecule has 6 heteroatoms. The van der Waals surface area contributed by atoms with Crippen LogP contribution < -0.4 is 10.5 Å². The Morgan fingerprint density at radius 3 is 2.68 bits per heavy atom. The molecular weight excluding hydrogens is 249 g/mol. The Morgan fingerprint density at radius 1 is 1.47 bits per heavy atom. The first kappa shape index (κ1) is 13.3. The Hall–Kier alpha value is -2.11. The summed E-state index contributed by atoms with van der Waals surface area (Å²) < 4.78 is 18.6. The van der Waals surface area contributed by atoms with Crippen molar-refractivity contribution in [3.05, 3.63) is 29.6 Å². The summed E-state index contributed by atoms with van der Waals surface area (Å²) in [6, 6.07) is 3.52. The van der Waals surface area contributed by atoms with Crippen LogP contribution in [-0.4, -0.2) is 29.9 Å². The number of rotatable bonds is 3. The number of hydrogen-bond donors (Lipinski definition) is 1. The van der Waals surface area contributed by atoms with Crippen LogP contribution in [0.5, 0.6) is 5.75 Å². The maximum Gasteiger partial charge on any atom is 0.346 e. The molecule has 1 aromatic rings. The SMILES string of the molecule is COc1ccc(C2C(N)=NC(=O)N2C(C)C)cc1F. The van der Waals surface area contributed by atoms with Crippen molar-refractivity contribution in [1.82, 2.24) is 4.90 Å². The van der Waals surface area contributed by atoms with Crippen LogP contribution in [0.25, 0.3) is 0 Å². The van der Waals surface area contributed by atoms with E-state index >= 15 is 0 Å². The fourth-order valence-corrected chi connectivity index (χ4v) is 2.19. The molecule has 0 bridgehead atoms. The van der Waals surface area contributed by atoms with Crippen LogP contribution in [0.15, 0.2) is 23.2 Å². The number of nitrogens with zero attached hydrogens (tertiary/aromatic N) is 2. The van der Waals surface area contributed by atoms with Crippen molar-refractivity contribution in [2.24, 2.45) is 10.7 Å². The number of nitrogens with two attached hydrogens (primary N) is 1. The van der Waals surface area contributed by atoms with Gasteiger partial charge in [0.15, 0.2) is 11.6 Å². The number of hydrogen-bond acceptors (Lipinski definition) is 3. The van der Waals surface area contributed by atoms with Crippen molar-refractivity contribution < 1.29 is 13.9 Å². The lowest BCUT2D eigenvalue weighted by Crippen LogP contribution is -2.38. The minimum absolute atomic E-state index is 0.0764. The van der Waals surface area contributed by atoms with Crippen LogP contribution in [0.2, 0.25) is 0 Å². The van der Waals surface area contributed by atoms with Gasteiger partial charge in [0.1, 0.15) is 11.9 Å². The first-order valence-electron chi connectivity index (χ1n) is 5.95. The predicted molar refractivity (Wildman–Crippen MR) is 69.7 cm³/mol. The van der Waals surface area contributed by atoms with Crippen molar-refractivity contribution in [2.75, 3.05) is 7.11 Å². The van der Waals surface area contributed by atoms with E-state index in [2.05, 4.69) is 4.99 Å². The molecule has 1 aliphatic heterocycles. The molecule has 1 aliphatic rings. The summed E-state index contributed by atoms with van der Waals surface area (Å²) in [6.07, 6.45) is 0. The molecular formula is C13H16FN3O2. The van der Waals surface area contributed by atoms with E-state index < -0.39 is 17.9 Å². The molecule has 19 heavy (non-hydrogen) atoms. The second-order valence-corrected chi connectivity index (χ2v) is 4.62. The molecule has 0 saturated heterocycles. The number of halogens is 1. The minimum Gasteiger partial charge on any atom is -0.494 e. The van der Waals surface area contributed by atoms with Crippen LogP contribution >= 0.6 is 0 Å². The molecule has 5 nitrogen and oxygen atoms in total. The summed E-state index contributed by atoms with van der Waals surface area (Å²) in [4.78, 5) is 17.0. The topological polar surface area (TPSA) is 67.9 Å². The highest BCUT2D eigenvalue weighted by atomic mass is 19.1. The third-order valence-electron chi connectivity index (χ3n) is 3.05.